The zero-order valence-corrected chi connectivity index (χ0v) is 40.7. The fraction of sp³-hybridized carbons (Fsp3) is 0.0423. The second-order valence-corrected chi connectivity index (χ2v) is 20.6. The number of para-hydroxylation sites is 2. The highest BCUT2D eigenvalue weighted by Gasteiger charge is 2.36. The number of hydrogen-bond acceptors (Lipinski definition) is 0. The van der Waals surface area contributed by atoms with Crippen molar-refractivity contribution < 1.29 is 0 Å². The van der Waals surface area contributed by atoms with Crippen molar-refractivity contribution in [1.29, 1.82) is 0 Å². The molecule has 2 heteroatoms. The van der Waals surface area contributed by atoms with E-state index in [1.807, 2.05) is 0 Å². The van der Waals surface area contributed by atoms with Crippen LogP contribution in [0.25, 0.3) is 139 Å². The highest BCUT2D eigenvalue weighted by molar-refractivity contribution is 6.31. The van der Waals surface area contributed by atoms with Gasteiger partial charge >= 0.3 is 0 Å². The summed E-state index contributed by atoms with van der Waals surface area (Å²) in [5, 5.41) is 8.35. The van der Waals surface area contributed by atoms with Crippen LogP contribution in [0.4, 0.5) is 0 Å². The van der Waals surface area contributed by atoms with E-state index in [9.17, 15) is 0 Å². The summed E-state index contributed by atoms with van der Waals surface area (Å²) in [5.41, 5.74) is 24.0. The summed E-state index contributed by atoms with van der Waals surface area (Å²) in [6.45, 7) is 9.87. The molecule has 4 heterocycles. The molecule has 0 atom stereocenters. The van der Waals surface area contributed by atoms with E-state index in [1.54, 1.807) is 0 Å². The van der Waals surface area contributed by atoms with Crippen LogP contribution in [0.1, 0.15) is 25.0 Å². The zero-order chi connectivity index (χ0) is 48.5. The summed E-state index contributed by atoms with van der Waals surface area (Å²) in [4.78, 5) is 0. The predicted octanol–water partition coefficient (Wildman–Crippen LogP) is 18.3. The van der Waals surface area contributed by atoms with Gasteiger partial charge < -0.3 is 8.97 Å². The Morgan fingerprint density at radius 1 is 0.301 bits per heavy atom. The third kappa shape index (κ3) is 6.17. The Labute approximate surface area is 424 Å². The molecule has 0 spiro atoms. The normalized spacial score (nSPS) is 13.0. The minimum absolute atomic E-state index is 0.293. The van der Waals surface area contributed by atoms with Crippen molar-refractivity contribution in [2.45, 2.75) is 19.3 Å². The fourth-order valence-corrected chi connectivity index (χ4v) is 12.6. The maximum absolute atomic E-state index is 5.04. The quantitative estimate of drug-likeness (QED) is 0.147. The van der Waals surface area contributed by atoms with Crippen molar-refractivity contribution in [3.05, 3.63) is 259 Å². The third-order valence-electron chi connectivity index (χ3n) is 16.1. The molecule has 0 bridgehead atoms. The maximum Gasteiger partial charge on any atom is 0.0627 e. The molecular weight excluding hydrogens is 881 g/mol. The van der Waals surface area contributed by atoms with E-state index in [0.717, 1.165) is 16.1 Å². The van der Waals surface area contributed by atoms with Crippen LogP contribution in [0, 0.1) is 0 Å². The van der Waals surface area contributed by atoms with Crippen molar-refractivity contribution in [1.82, 2.24) is 8.97 Å². The first-order chi connectivity index (χ1) is 35.9. The molecule has 0 amide bonds. The minimum atomic E-state index is -0.293. The van der Waals surface area contributed by atoms with Gasteiger partial charge in [0.25, 0.3) is 0 Å². The molecule has 0 N–H and O–H groups in total. The molecule has 0 fully saturated rings. The number of pyridine rings is 1. The van der Waals surface area contributed by atoms with E-state index in [-0.39, 0.29) is 5.41 Å². The van der Waals surface area contributed by atoms with Gasteiger partial charge in [-0.05, 0) is 162 Å². The number of rotatable bonds is 6. The second-order valence-electron chi connectivity index (χ2n) is 20.6. The number of aromatic nitrogens is 2. The van der Waals surface area contributed by atoms with Crippen LogP contribution in [0.15, 0.2) is 243 Å². The van der Waals surface area contributed by atoms with Crippen LogP contribution in [0.3, 0.4) is 0 Å². The summed E-state index contributed by atoms with van der Waals surface area (Å²) in [6.07, 6.45) is 0. The van der Waals surface area contributed by atoms with Crippen LogP contribution >= 0.6 is 0 Å². The lowest BCUT2D eigenvalue weighted by molar-refractivity contribution is 0.630. The van der Waals surface area contributed by atoms with Crippen LogP contribution < -0.4 is 5.22 Å². The van der Waals surface area contributed by atoms with E-state index in [4.69, 9.17) is 6.58 Å². The largest absolute Gasteiger partial charge is 0.309 e. The second kappa shape index (κ2) is 15.6. The first-order valence-electron chi connectivity index (χ1n) is 25.4. The summed E-state index contributed by atoms with van der Waals surface area (Å²) >= 11 is 0. The number of nitrogens with zero attached hydrogens (tertiary/aromatic N) is 2. The van der Waals surface area contributed by atoms with Crippen molar-refractivity contribution in [3.8, 4) is 72.4 Å². The Morgan fingerprint density at radius 2 is 0.753 bits per heavy atom. The summed E-state index contributed by atoms with van der Waals surface area (Å²) in [5.74, 6) is 0. The Kier molecular flexibility index (Phi) is 8.89. The molecule has 1 aliphatic rings. The average Bonchev–Trinajstić information content (AvgIpc) is 3.96. The van der Waals surface area contributed by atoms with Gasteiger partial charge in [-0.1, -0.05) is 184 Å². The van der Waals surface area contributed by atoms with Crippen molar-refractivity contribution >= 4 is 66.5 Å². The SMILES string of the molecule is C=c1c2ccccc2n2c3ccc(-c4cc(-c5ccccc5)cc(-c5ccccc5)c4)cc3c3cc4c(c5cc(-c6cc(-c7ccccc7)cc(-c7ccccc7)c6)cc6c5n4-c4ccccc4C6(C)C)c1c32. The standard InChI is InChI=1S/C71H48N2/c1-44-57-28-16-18-30-63(57)72-64-33-32-49(54-36-50(45-20-8-4-9-21-45)34-51(37-54)46-22-10-5-11-23-46)40-58(64)59-43-66-68(67(44)70(59)72)60-41-56(42-62-69(60)73(66)65-31-19-17-29-61(65)71(62,2)3)55-38-52(47-24-12-6-13-25-47)35-53(39-55)48-26-14-7-15-27-48/h4-43H,1H2,2-3H3. The lowest BCUT2D eigenvalue weighted by atomic mass is 9.74. The number of fused-ring (bicyclic) bond motifs is 11. The smallest absolute Gasteiger partial charge is 0.0627 e. The molecule has 2 nitrogen and oxygen atoms in total. The Morgan fingerprint density at radius 3 is 1.33 bits per heavy atom. The molecule has 0 radical (unpaired) electrons. The lowest BCUT2D eigenvalue weighted by Gasteiger charge is -2.35. The molecule has 73 heavy (non-hydrogen) atoms. The van der Waals surface area contributed by atoms with Gasteiger partial charge in [0.1, 0.15) is 0 Å². The zero-order valence-electron chi connectivity index (χ0n) is 40.7. The Bertz CT molecular complexity index is 4500. The van der Waals surface area contributed by atoms with Gasteiger partial charge in [0, 0.05) is 37.7 Å². The molecule has 0 unspecified atom stereocenters. The molecule has 0 saturated carbocycles. The van der Waals surface area contributed by atoms with Crippen molar-refractivity contribution in [2.75, 3.05) is 0 Å². The van der Waals surface area contributed by atoms with Gasteiger partial charge in [-0.15, -0.1) is 0 Å². The molecule has 342 valence electrons. The van der Waals surface area contributed by atoms with Gasteiger partial charge in [0.2, 0.25) is 0 Å². The molecule has 0 aliphatic carbocycles. The van der Waals surface area contributed by atoms with Gasteiger partial charge in [-0.25, -0.2) is 0 Å². The number of benzene rings is 11. The molecule has 15 rings (SSSR count). The highest BCUT2D eigenvalue weighted by atomic mass is 15.0. The molecular formula is C71H48N2. The van der Waals surface area contributed by atoms with Crippen LogP contribution in [-0.4, -0.2) is 8.97 Å². The first-order valence-corrected chi connectivity index (χ1v) is 25.4. The van der Waals surface area contributed by atoms with Gasteiger partial charge in [-0.3, -0.25) is 0 Å². The van der Waals surface area contributed by atoms with E-state index >= 15 is 0 Å². The third-order valence-corrected chi connectivity index (χ3v) is 16.1. The Hall–Kier alpha value is -9.24. The van der Waals surface area contributed by atoms with Gasteiger partial charge in [0.15, 0.2) is 0 Å². The number of hydrogen-bond donors (Lipinski definition) is 0. The van der Waals surface area contributed by atoms with E-state index in [2.05, 4.69) is 265 Å². The van der Waals surface area contributed by atoms with Crippen LogP contribution in [0.2, 0.25) is 0 Å². The predicted molar refractivity (Wildman–Crippen MR) is 310 cm³/mol. The van der Waals surface area contributed by atoms with E-state index < -0.39 is 0 Å². The summed E-state index contributed by atoms with van der Waals surface area (Å²) < 4.78 is 5.12. The average molecular weight is 929 g/mol. The molecule has 14 aromatic rings. The molecule has 3 aromatic heterocycles. The molecule has 1 aliphatic heterocycles. The topological polar surface area (TPSA) is 9.34 Å². The van der Waals surface area contributed by atoms with Crippen LogP contribution in [-0.2, 0) is 5.41 Å². The van der Waals surface area contributed by atoms with Crippen molar-refractivity contribution in [3.63, 3.8) is 0 Å². The lowest BCUT2D eigenvalue weighted by Crippen LogP contribution is -2.26. The van der Waals surface area contributed by atoms with Crippen LogP contribution in [0.5, 0.6) is 0 Å². The van der Waals surface area contributed by atoms with Gasteiger partial charge in [-0.2, -0.15) is 0 Å². The first kappa shape index (κ1) is 41.5. The van der Waals surface area contributed by atoms with E-state index in [0.29, 0.717) is 0 Å². The van der Waals surface area contributed by atoms with Crippen molar-refractivity contribution in [2.24, 2.45) is 0 Å². The fourth-order valence-electron chi connectivity index (χ4n) is 12.6. The van der Waals surface area contributed by atoms with Gasteiger partial charge in [0.05, 0.1) is 33.3 Å². The maximum atomic E-state index is 5.04. The summed E-state index contributed by atoms with van der Waals surface area (Å²) in [6, 6.07) is 89.9. The Balaban J connectivity index is 1.07. The molecule has 11 aromatic carbocycles. The summed E-state index contributed by atoms with van der Waals surface area (Å²) in [7, 11) is 0. The van der Waals surface area contributed by atoms with E-state index in [1.165, 1.54) is 133 Å². The minimum Gasteiger partial charge on any atom is -0.309 e. The highest BCUT2D eigenvalue weighted by Crippen LogP contribution is 2.52. The molecule has 0 saturated heterocycles. The monoisotopic (exact) mass is 928 g/mol.